The number of benzene rings is 1. The van der Waals surface area contributed by atoms with Crippen LogP contribution in [-0.2, 0) is 6.18 Å². The average molecular weight is 295 g/mol. The Bertz CT molecular complexity index is 671. The molecule has 7 heteroatoms. The maximum atomic E-state index is 13.0. The molecular weight excluding hydrogens is 283 g/mol. The normalized spacial score (nSPS) is 17.6. The van der Waals surface area contributed by atoms with Crippen molar-refractivity contribution in [3.05, 3.63) is 41.6 Å². The van der Waals surface area contributed by atoms with Crippen LogP contribution in [0.1, 0.15) is 25.0 Å². The molecule has 1 aromatic carbocycles. The summed E-state index contributed by atoms with van der Waals surface area (Å²) in [5.41, 5.74) is -1.95. The summed E-state index contributed by atoms with van der Waals surface area (Å²) >= 11 is 0. The summed E-state index contributed by atoms with van der Waals surface area (Å²) in [7, 11) is 0. The molecule has 0 aromatic heterocycles. The van der Waals surface area contributed by atoms with Crippen LogP contribution in [-0.4, -0.2) is 11.6 Å². The van der Waals surface area contributed by atoms with Crippen LogP contribution in [0, 0.1) is 11.3 Å². The molecule has 1 aliphatic heterocycles. The van der Waals surface area contributed by atoms with Crippen LogP contribution < -0.4 is 10.2 Å². The monoisotopic (exact) mass is 295 g/mol. The van der Waals surface area contributed by atoms with E-state index in [1.54, 1.807) is 13.8 Å². The number of rotatable bonds is 1. The minimum absolute atomic E-state index is 0.0226. The number of urea groups is 1. The second-order valence-corrected chi connectivity index (χ2v) is 5.18. The van der Waals surface area contributed by atoms with Gasteiger partial charge in [-0.05, 0) is 32.0 Å². The summed E-state index contributed by atoms with van der Waals surface area (Å²) in [5.74, 6) is 0. The molecule has 1 aromatic rings. The van der Waals surface area contributed by atoms with Crippen molar-refractivity contribution in [2.24, 2.45) is 0 Å². The molecule has 2 amide bonds. The number of carbonyl (C=O) groups excluding carboxylic acids is 1. The Morgan fingerprint density at radius 2 is 2.00 bits per heavy atom. The molecule has 0 saturated carbocycles. The Labute approximate surface area is 119 Å². The Morgan fingerprint density at radius 3 is 2.43 bits per heavy atom. The van der Waals surface area contributed by atoms with Gasteiger partial charge in [-0.3, -0.25) is 4.90 Å². The van der Waals surface area contributed by atoms with Crippen LogP contribution in [0.2, 0.25) is 0 Å². The molecule has 0 bridgehead atoms. The van der Waals surface area contributed by atoms with Crippen LogP contribution in [0.5, 0.6) is 0 Å². The second-order valence-electron chi connectivity index (χ2n) is 5.18. The highest BCUT2D eigenvalue weighted by atomic mass is 19.4. The topological polar surface area (TPSA) is 56.1 Å². The van der Waals surface area contributed by atoms with Gasteiger partial charge in [0.25, 0.3) is 0 Å². The summed E-state index contributed by atoms with van der Waals surface area (Å²) in [6, 6.07) is 4.06. The van der Waals surface area contributed by atoms with Crippen molar-refractivity contribution in [1.82, 2.24) is 5.32 Å². The first kappa shape index (κ1) is 14.9. The van der Waals surface area contributed by atoms with Crippen molar-refractivity contribution in [1.29, 1.82) is 5.26 Å². The number of nitrogens with one attached hydrogen (secondary N) is 1. The smallest absolute Gasteiger partial charge is 0.327 e. The van der Waals surface area contributed by atoms with Gasteiger partial charge in [0.05, 0.1) is 28.4 Å². The first-order chi connectivity index (χ1) is 9.58. The van der Waals surface area contributed by atoms with Gasteiger partial charge in [0, 0.05) is 5.70 Å². The number of hydrogen-bond donors (Lipinski definition) is 1. The molecular formula is C14H12F3N3O. The third-order valence-electron chi connectivity index (χ3n) is 3.30. The minimum atomic E-state index is -4.67. The molecule has 0 aliphatic carbocycles. The molecule has 21 heavy (non-hydrogen) atoms. The number of nitriles is 1. The molecule has 0 radical (unpaired) electrons. The van der Waals surface area contributed by atoms with Crippen molar-refractivity contribution in [2.75, 3.05) is 4.90 Å². The van der Waals surface area contributed by atoms with E-state index in [2.05, 4.69) is 11.9 Å². The van der Waals surface area contributed by atoms with Gasteiger partial charge in [-0.25, -0.2) is 4.79 Å². The number of hydrogen-bond acceptors (Lipinski definition) is 2. The number of nitrogens with zero attached hydrogens (tertiary/aromatic N) is 2. The lowest BCUT2D eigenvalue weighted by Gasteiger charge is -2.22. The van der Waals surface area contributed by atoms with Crippen LogP contribution >= 0.6 is 0 Å². The van der Waals surface area contributed by atoms with Crippen molar-refractivity contribution >= 4 is 11.7 Å². The highest BCUT2D eigenvalue weighted by Crippen LogP contribution is 2.37. The molecule has 0 unspecified atom stereocenters. The van der Waals surface area contributed by atoms with Crippen LogP contribution in [0.15, 0.2) is 30.5 Å². The van der Waals surface area contributed by atoms with Crippen LogP contribution in [0.25, 0.3) is 0 Å². The van der Waals surface area contributed by atoms with Gasteiger partial charge in [-0.2, -0.15) is 18.4 Å². The third-order valence-corrected chi connectivity index (χ3v) is 3.30. The zero-order valence-corrected chi connectivity index (χ0v) is 11.4. The average Bonchev–Trinajstić information content (AvgIpc) is 2.56. The zero-order chi connectivity index (χ0) is 16.0. The molecule has 1 fully saturated rings. The fourth-order valence-electron chi connectivity index (χ4n) is 2.07. The molecule has 1 heterocycles. The fraction of sp³-hybridized carbons (Fsp3) is 0.286. The maximum Gasteiger partial charge on any atom is 0.417 e. The van der Waals surface area contributed by atoms with E-state index < -0.39 is 28.9 Å². The number of amides is 2. The van der Waals surface area contributed by atoms with Crippen molar-refractivity contribution in [2.45, 2.75) is 25.6 Å². The van der Waals surface area contributed by atoms with Gasteiger partial charge in [-0.1, -0.05) is 6.58 Å². The molecule has 1 N–H and O–H groups in total. The predicted molar refractivity (Wildman–Crippen MR) is 70.4 cm³/mol. The lowest BCUT2D eigenvalue weighted by molar-refractivity contribution is -0.137. The lowest BCUT2D eigenvalue weighted by atomic mass is 10.0. The Balaban J connectivity index is 2.55. The summed E-state index contributed by atoms with van der Waals surface area (Å²) in [4.78, 5) is 13.0. The molecule has 1 aliphatic rings. The van der Waals surface area contributed by atoms with Gasteiger partial charge in [0.1, 0.15) is 0 Å². The Morgan fingerprint density at radius 1 is 1.38 bits per heavy atom. The SMILES string of the molecule is C=C1N(c2ccc(C#N)c(C(F)(F)F)c2)C(=O)NC1(C)C. The van der Waals surface area contributed by atoms with Gasteiger partial charge >= 0.3 is 12.2 Å². The Kier molecular flexibility index (Phi) is 3.21. The first-order valence-electron chi connectivity index (χ1n) is 6.01. The van der Waals surface area contributed by atoms with Crippen molar-refractivity contribution < 1.29 is 18.0 Å². The molecule has 110 valence electrons. The maximum absolute atomic E-state index is 13.0. The highest BCUT2D eigenvalue weighted by molar-refractivity contribution is 5.99. The van der Waals surface area contributed by atoms with Gasteiger partial charge in [-0.15, -0.1) is 0 Å². The third kappa shape index (κ3) is 2.44. The van der Waals surface area contributed by atoms with Gasteiger partial charge in [0.2, 0.25) is 0 Å². The molecule has 0 atom stereocenters. The summed E-state index contributed by atoms with van der Waals surface area (Å²) < 4.78 is 38.9. The predicted octanol–water partition coefficient (Wildman–Crippen LogP) is 3.40. The van der Waals surface area contributed by atoms with Crippen LogP contribution in [0.3, 0.4) is 0 Å². The lowest BCUT2D eigenvalue weighted by Crippen LogP contribution is -2.35. The van der Waals surface area contributed by atoms with E-state index in [9.17, 15) is 18.0 Å². The second kappa shape index (κ2) is 4.52. The number of carbonyl (C=O) groups is 1. The number of anilines is 1. The molecule has 2 rings (SSSR count). The van der Waals surface area contributed by atoms with E-state index >= 15 is 0 Å². The van der Waals surface area contributed by atoms with Crippen molar-refractivity contribution in [3.8, 4) is 6.07 Å². The van der Waals surface area contributed by atoms with Crippen molar-refractivity contribution in [3.63, 3.8) is 0 Å². The van der Waals surface area contributed by atoms with Crippen LogP contribution in [0.4, 0.5) is 23.7 Å². The van der Waals surface area contributed by atoms with E-state index in [-0.39, 0.29) is 5.69 Å². The standard InChI is InChI=1S/C14H12F3N3O/c1-8-13(2,3)19-12(21)20(8)10-5-4-9(7-18)11(6-10)14(15,16)17/h4-6H,1H2,2-3H3,(H,19,21). The van der Waals surface area contributed by atoms with Gasteiger partial charge in [0.15, 0.2) is 0 Å². The summed E-state index contributed by atoms with van der Waals surface area (Å²) in [6.45, 7) is 7.14. The number of alkyl halides is 3. The summed E-state index contributed by atoms with van der Waals surface area (Å²) in [6.07, 6.45) is -4.67. The Hall–Kier alpha value is -2.49. The quantitative estimate of drug-likeness (QED) is 0.863. The molecule has 1 saturated heterocycles. The van der Waals surface area contributed by atoms with E-state index in [1.807, 2.05) is 0 Å². The van der Waals surface area contributed by atoms with E-state index in [0.717, 1.165) is 17.0 Å². The largest absolute Gasteiger partial charge is 0.417 e. The summed E-state index contributed by atoms with van der Waals surface area (Å²) in [5, 5.41) is 11.4. The van der Waals surface area contributed by atoms with Gasteiger partial charge < -0.3 is 5.32 Å². The van der Waals surface area contributed by atoms with E-state index in [1.165, 1.54) is 12.1 Å². The fourth-order valence-corrected chi connectivity index (χ4v) is 2.07. The number of halogens is 3. The molecule has 0 spiro atoms. The highest BCUT2D eigenvalue weighted by Gasteiger charge is 2.41. The minimum Gasteiger partial charge on any atom is -0.327 e. The van der Waals surface area contributed by atoms with E-state index in [0.29, 0.717) is 5.70 Å². The van der Waals surface area contributed by atoms with E-state index in [4.69, 9.17) is 5.26 Å². The zero-order valence-electron chi connectivity index (χ0n) is 11.4. The first-order valence-corrected chi connectivity index (χ1v) is 6.01. The molecule has 4 nitrogen and oxygen atoms in total.